The second-order valence-corrected chi connectivity index (χ2v) is 8.87. The lowest BCUT2D eigenvalue weighted by molar-refractivity contribution is 0.0803. The van der Waals surface area contributed by atoms with Crippen molar-refractivity contribution in [2.24, 2.45) is 5.92 Å². The minimum Gasteiger partial charge on any atom is -0.493 e. The average molecular weight is 443 g/mol. The first kappa shape index (κ1) is 21.7. The molecule has 1 fully saturated rings. The van der Waals surface area contributed by atoms with Crippen molar-refractivity contribution in [2.75, 3.05) is 45.9 Å². The standard InChI is InChI=1S/C27H30N4O2/c32-27-23(20-31-16-14-30(15-17-31)13-8-21-6-11-28-12-7-21)9-18-33-26-5-4-22(19-24(26)27)25-3-1-2-10-29-25/h1-7,10-12,19,23H,8-9,13-18,20H2. The van der Waals surface area contributed by atoms with Crippen LogP contribution in [0, 0.1) is 5.92 Å². The summed E-state index contributed by atoms with van der Waals surface area (Å²) in [5, 5.41) is 0. The Morgan fingerprint density at radius 3 is 2.55 bits per heavy atom. The van der Waals surface area contributed by atoms with Crippen molar-refractivity contribution < 1.29 is 9.53 Å². The topological polar surface area (TPSA) is 58.6 Å². The zero-order valence-corrected chi connectivity index (χ0v) is 18.9. The maximum atomic E-state index is 13.5. The van der Waals surface area contributed by atoms with Crippen molar-refractivity contribution in [3.8, 4) is 17.0 Å². The van der Waals surface area contributed by atoms with Gasteiger partial charge >= 0.3 is 0 Å². The molecule has 0 saturated carbocycles. The SMILES string of the molecule is O=C1c2cc(-c3ccccn3)ccc2OCCC1CN1CCN(CCc2ccncc2)CC1. The fraction of sp³-hybridized carbons (Fsp3) is 0.370. The van der Waals surface area contributed by atoms with Gasteiger partial charge in [0.05, 0.1) is 17.9 Å². The molecule has 1 aromatic carbocycles. The fourth-order valence-electron chi connectivity index (χ4n) is 4.72. The van der Waals surface area contributed by atoms with E-state index in [1.807, 2.05) is 48.8 Å². The van der Waals surface area contributed by atoms with Crippen LogP contribution < -0.4 is 4.74 Å². The molecule has 33 heavy (non-hydrogen) atoms. The van der Waals surface area contributed by atoms with Gasteiger partial charge in [-0.25, -0.2) is 0 Å². The summed E-state index contributed by atoms with van der Waals surface area (Å²) in [6.07, 6.45) is 7.31. The monoisotopic (exact) mass is 442 g/mol. The summed E-state index contributed by atoms with van der Waals surface area (Å²) in [5.41, 5.74) is 3.85. The fourth-order valence-corrected chi connectivity index (χ4v) is 4.72. The number of hydrogen-bond donors (Lipinski definition) is 0. The summed E-state index contributed by atoms with van der Waals surface area (Å²) in [5.74, 6) is 0.858. The number of carbonyl (C=O) groups is 1. The van der Waals surface area contributed by atoms with Gasteiger partial charge in [0.2, 0.25) is 0 Å². The lowest BCUT2D eigenvalue weighted by Gasteiger charge is -2.36. The number of piperazine rings is 1. The molecule has 6 heteroatoms. The number of fused-ring (bicyclic) bond motifs is 1. The Kier molecular flexibility index (Phi) is 6.74. The van der Waals surface area contributed by atoms with E-state index in [1.165, 1.54) is 5.56 Å². The van der Waals surface area contributed by atoms with Gasteiger partial charge in [0.1, 0.15) is 5.75 Å². The van der Waals surface area contributed by atoms with Crippen LogP contribution in [0.2, 0.25) is 0 Å². The predicted octanol–water partition coefficient (Wildman–Crippen LogP) is 3.59. The maximum Gasteiger partial charge on any atom is 0.171 e. The molecule has 1 unspecified atom stereocenters. The first-order chi connectivity index (χ1) is 16.3. The Bertz CT molecular complexity index is 1070. The van der Waals surface area contributed by atoms with E-state index in [4.69, 9.17) is 4.74 Å². The largest absolute Gasteiger partial charge is 0.493 e. The van der Waals surface area contributed by atoms with Crippen molar-refractivity contribution in [3.05, 3.63) is 78.2 Å². The van der Waals surface area contributed by atoms with Gasteiger partial charge in [0, 0.05) is 69.3 Å². The van der Waals surface area contributed by atoms with E-state index in [2.05, 4.69) is 31.9 Å². The second-order valence-electron chi connectivity index (χ2n) is 8.87. The molecule has 0 amide bonds. The molecule has 0 N–H and O–H groups in total. The molecule has 4 heterocycles. The molecular formula is C27H30N4O2. The highest BCUT2D eigenvalue weighted by atomic mass is 16.5. The van der Waals surface area contributed by atoms with Crippen LogP contribution in [-0.4, -0.2) is 71.4 Å². The zero-order chi connectivity index (χ0) is 22.5. The van der Waals surface area contributed by atoms with Crippen LogP contribution in [0.1, 0.15) is 22.3 Å². The van der Waals surface area contributed by atoms with E-state index < -0.39 is 0 Å². The smallest absolute Gasteiger partial charge is 0.171 e. The Balaban J connectivity index is 1.19. The summed E-state index contributed by atoms with van der Waals surface area (Å²) < 4.78 is 5.95. The Labute approximate surface area is 195 Å². The number of carbonyl (C=O) groups excluding carboxylic acids is 1. The third kappa shape index (κ3) is 5.29. The quantitative estimate of drug-likeness (QED) is 0.582. The molecule has 0 bridgehead atoms. The Morgan fingerprint density at radius 1 is 0.939 bits per heavy atom. The summed E-state index contributed by atoms with van der Waals surface area (Å²) >= 11 is 0. The summed E-state index contributed by atoms with van der Waals surface area (Å²) in [6.45, 7) is 6.54. The number of pyridine rings is 2. The molecule has 5 rings (SSSR count). The number of ether oxygens (including phenoxy) is 1. The Hall–Kier alpha value is -3.09. The number of benzene rings is 1. The van der Waals surface area contributed by atoms with Crippen molar-refractivity contribution in [1.29, 1.82) is 0 Å². The van der Waals surface area contributed by atoms with Crippen LogP contribution in [0.25, 0.3) is 11.3 Å². The molecule has 1 atom stereocenters. The first-order valence-corrected chi connectivity index (χ1v) is 11.8. The van der Waals surface area contributed by atoms with E-state index in [0.717, 1.165) is 63.4 Å². The predicted molar refractivity (Wildman–Crippen MR) is 128 cm³/mol. The average Bonchev–Trinajstić information content (AvgIpc) is 3.03. The number of aromatic nitrogens is 2. The van der Waals surface area contributed by atoms with Crippen molar-refractivity contribution in [2.45, 2.75) is 12.8 Å². The van der Waals surface area contributed by atoms with Crippen LogP contribution in [-0.2, 0) is 6.42 Å². The van der Waals surface area contributed by atoms with Gasteiger partial charge < -0.3 is 14.5 Å². The minimum absolute atomic E-state index is 0.0337. The number of rotatable bonds is 6. The highest BCUT2D eigenvalue weighted by Gasteiger charge is 2.29. The van der Waals surface area contributed by atoms with Gasteiger partial charge in [-0.1, -0.05) is 6.07 Å². The van der Waals surface area contributed by atoms with Gasteiger partial charge in [-0.3, -0.25) is 14.8 Å². The highest BCUT2D eigenvalue weighted by molar-refractivity contribution is 6.01. The number of hydrogen-bond acceptors (Lipinski definition) is 6. The molecule has 0 spiro atoms. The molecule has 2 aliphatic rings. The van der Waals surface area contributed by atoms with E-state index in [1.54, 1.807) is 6.20 Å². The van der Waals surface area contributed by atoms with E-state index in [0.29, 0.717) is 17.9 Å². The molecule has 6 nitrogen and oxygen atoms in total. The van der Waals surface area contributed by atoms with Crippen molar-refractivity contribution >= 4 is 5.78 Å². The Morgan fingerprint density at radius 2 is 1.76 bits per heavy atom. The summed E-state index contributed by atoms with van der Waals surface area (Å²) in [7, 11) is 0. The normalized spacial score (nSPS) is 19.5. The zero-order valence-electron chi connectivity index (χ0n) is 18.9. The maximum absolute atomic E-state index is 13.5. The minimum atomic E-state index is -0.0337. The summed E-state index contributed by atoms with van der Waals surface area (Å²) in [4.78, 5) is 27.0. The van der Waals surface area contributed by atoms with Crippen molar-refractivity contribution in [1.82, 2.24) is 19.8 Å². The molecule has 2 aromatic heterocycles. The van der Waals surface area contributed by atoms with Crippen LogP contribution >= 0.6 is 0 Å². The number of Topliss-reactive ketones (excluding diaryl/α,β-unsaturated/α-hetero) is 1. The second kappa shape index (κ2) is 10.2. The lowest BCUT2D eigenvalue weighted by atomic mass is 9.93. The molecule has 170 valence electrons. The van der Waals surface area contributed by atoms with Crippen LogP contribution in [0.3, 0.4) is 0 Å². The third-order valence-electron chi connectivity index (χ3n) is 6.71. The molecular weight excluding hydrogens is 412 g/mol. The van der Waals surface area contributed by atoms with E-state index in [9.17, 15) is 4.79 Å². The van der Waals surface area contributed by atoms with Gasteiger partial charge in [-0.15, -0.1) is 0 Å². The summed E-state index contributed by atoms with van der Waals surface area (Å²) in [6, 6.07) is 15.9. The van der Waals surface area contributed by atoms with Crippen LogP contribution in [0.15, 0.2) is 67.1 Å². The lowest BCUT2D eigenvalue weighted by Crippen LogP contribution is -2.48. The molecule has 1 saturated heterocycles. The third-order valence-corrected chi connectivity index (χ3v) is 6.71. The van der Waals surface area contributed by atoms with Crippen LogP contribution in [0.4, 0.5) is 0 Å². The van der Waals surface area contributed by atoms with E-state index >= 15 is 0 Å². The van der Waals surface area contributed by atoms with Crippen molar-refractivity contribution in [3.63, 3.8) is 0 Å². The number of ketones is 1. The van der Waals surface area contributed by atoms with Crippen LogP contribution in [0.5, 0.6) is 5.75 Å². The first-order valence-electron chi connectivity index (χ1n) is 11.8. The van der Waals surface area contributed by atoms with Gasteiger partial charge in [-0.2, -0.15) is 0 Å². The van der Waals surface area contributed by atoms with Gasteiger partial charge in [0.25, 0.3) is 0 Å². The number of nitrogens with zero attached hydrogens (tertiary/aromatic N) is 4. The highest BCUT2D eigenvalue weighted by Crippen LogP contribution is 2.31. The van der Waals surface area contributed by atoms with E-state index in [-0.39, 0.29) is 11.7 Å². The van der Waals surface area contributed by atoms with Gasteiger partial charge in [-0.05, 0) is 60.9 Å². The molecule has 0 aliphatic carbocycles. The molecule has 0 radical (unpaired) electrons. The molecule has 3 aromatic rings. The van der Waals surface area contributed by atoms with Gasteiger partial charge in [0.15, 0.2) is 5.78 Å². The molecule has 2 aliphatic heterocycles.